The van der Waals surface area contributed by atoms with E-state index in [4.69, 9.17) is 23.2 Å². The van der Waals surface area contributed by atoms with Crippen LogP contribution in [0.2, 0.25) is 10.0 Å². The Labute approximate surface area is 169 Å². The predicted octanol–water partition coefficient (Wildman–Crippen LogP) is 4.96. The van der Waals surface area contributed by atoms with Crippen molar-refractivity contribution in [3.8, 4) is 0 Å². The van der Waals surface area contributed by atoms with E-state index in [9.17, 15) is 13.2 Å². The highest BCUT2D eigenvalue weighted by Crippen LogP contribution is 2.41. The Morgan fingerprint density at radius 1 is 0.963 bits per heavy atom. The first-order chi connectivity index (χ1) is 12.8. The van der Waals surface area contributed by atoms with E-state index in [0.717, 1.165) is 5.56 Å². The number of carbonyl (C=O) groups excluding carboxylic acids is 1. The third-order valence-corrected chi connectivity index (χ3v) is 8.20. The van der Waals surface area contributed by atoms with Gasteiger partial charge in [-0.15, -0.1) is 0 Å². The number of hydrogen-bond acceptors (Lipinski definition) is 3. The molecular weight excluding hydrogens is 405 g/mol. The molecule has 144 valence electrons. The maximum Gasteiger partial charge on any atom is 0.242 e. The Hall–Kier alpha value is -1.56. The van der Waals surface area contributed by atoms with Gasteiger partial charge in [-0.2, -0.15) is 0 Å². The fraction of sp³-hybridized carbons (Fsp3) is 0.350. The van der Waals surface area contributed by atoms with Crippen LogP contribution in [-0.4, -0.2) is 19.1 Å². The summed E-state index contributed by atoms with van der Waals surface area (Å²) >= 11 is 11.8. The van der Waals surface area contributed by atoms with E-state index in [0.29, 0.717) is 35.7 Å². The summed E-state index contributed by atoms with van der Waals surface area (Å²) in [6.07, 6.45) is 2.04. The average molecular weight is 426 g/mol. The van der Waals surface area contributed by atoms with Crippen LogP contribution < -0.4 is 5.32 Å². The summed E-state index contributed by atoms with van der Waals surface area (Å²) in [5.74, 6) is -0.447. The van der Waals surface area contributed by atoms with Crippen LogP contribution in [0.4, 0.5) is 0 Å². The number of hydrogen-bond donors (Lipinski definition) is 1. The van der Waals surface area contributed by atoms with Gasteiger partial charge in [-0.05, 0) is 61.7 Å². The summed E-state index contributed by atoms with van der Waals surface area (Å²) in [4.78, 5) is 13.3. The fourth-order valence-corrected chi connectivity index (χ4v) is 5.89. The van der Waals surface area contributed by atoms with Gasteiger partial charge < -0.3 is 5.32 Å². The molecule has 0 radical (unpaired) electrons. The van der Waals surface area contributed by atoms with Crippen molar-refractivity contribution in [1.82, 2.24) is 5.32 Å². The van der Waals surface area contributed by atoms with Crippen LogP contribution in [0.1, 0.15) is 44.2 Å². The van der Waals surface area contributed by atoms with Crippen LogP contribution in [0.15, 0.2) is 53.4 Å². The van der Waals surface area contributed by atoms with E-state index >= 15 is 0 Å². The maximum atomic E-state index is 13.4. The SMILES string of the molecule is C[C@@H](NC(=O)C1(S(=O)(=O)c2ccc(Cl)cc2)CCCC1)c1ccc(Cl)cc1. The summed E-state index contributed by atoms with van der Waals surface area (Å²) in [5.41, 5.74) is 0.866. The van der Waals surface area contributed by atoms with E-state index in [1.807, 2.05) is 19.1 Å². The molecule has 2 aromatic rings. The summed E-state index contributed by atoms with van der Waals surface area (Å²) in [5, 5.41) is 3.96. The molecule has 0 unspecified atom stereocenters. The standard InChI is InChI=1S/C20H21Cl2NO3S/c1-14(15-4-6-16(21)7-5-15)23-19(24)20(12-2-3-13-20)27(25,26)18-10-8-17(22)9-11-18/h4-11,14H,2-3,12-13H2,1H3,(H,23,24)/t14-/m1/s1. The van der Waals surface area contributed by atoms with Gasteiger partial charge >= 0.3 is 0 Å². The molecule has 0 saturated heterocycles. The van der Waals surface area contributed by atoms with Crippen molar-refractivity contribution >= 4 is 38.9 Å². The molecule has 1 aliphatic carbocycles. The van der Waals surface area contributed by atoms with Crippen molar-refractivity contribution < 1.29 is 13.2 Å². The third-order valence-electron chi connectivity index (χ3n) is 5.18. The van der Waals surface area contributed by atoms with Crippen molar-refractivity contribution in [2.24, 2.45) is 0 Å². The second kappa shape index (κ2) is 7.82. The Morgan fingerprint density at radius 3 is 1.96 bits per heavy atom. The molecule has 1 aliphatic rings. The highest BCUT2D eigenvalue weighted by atomic mass is 35.5. The summed E-state index contributed by atoms with van der Waals surface area (Å²) in [6.45, 7) is 1.83. The lowest BCUT2D eigenvalue weighted by Crippen LogP contribution is -2.51. The fourth-order valence-electron chi connectivity index (χ4n) is 3.57. The van der Waals surface area contributed by atoms with Crippen LogP contribution >= 0.6 is 23.2 Å². The summed E-state index contributed by atoms with van der Waals surface area (Å²) in [7, 11) is -3.84. The van der Waals surface area contributed by atoms with E-state index in [1.54, 1.807) is 12.1 Å². The van der Waals surface area contributed by atoms with Crippen molar-refractivity contribution in [2.45, 2.75) is 48.3 Å². The Bertz CT molecular complexity index is 919. The minimum atomic E-state index is -3.84. The third kappa shape index (κ3) is 3.86. The first kappa shape index (κ1) is 20.2. The number of sulfone groups is 1. The smallest absolute Gasteiger partial charge is 0.242 e. The molecule has 2 aromatic carbocycles. The second-order valence-corrected chi connectivity index (χ2v) is 10.0. The number of amides is 1. The average Bonchev–Trinajstić information content (AvgIpc) is 3.14. The molecule has 0 bridgehead atoms. The molecule has 1 atom stereocenters. The zero-order valence-corrected chi connectivity index (χ0v) is 17.2. The number of carbonyl (C=O) groups is 1. The van der Waals surface area contributed by atoms with Gasteiger partial charge in [0.2, 0.25) is 5.91 Å². The number of nitrogens with one attached hydrogen (secondary N) is 1. The van der Waals surface area contributed by atoms with Crippen molar-refractivity contribution in [2.75, 3.05) is 0 Å². The van der Waals surface area contributed by atoms with Crippen LogP contribution in [0.5, 0.6) is 0 Å². The lowest BCUT2D eigenvalue weighted by Gasteiger charge is -2.29. The second-order valence-electron chi connectivity index (χ2n) is 6.91. The van der Waals surface area contributed by atoms with E-state index in [1.165, 1.54) is 24.3 Å². The minimum absolute atomic E-state index is 0.128. The molecule has 0 aliphatic heterocycles. The van der Waals surface area contributed by atoms with E-state index in [2.05, 4.69) is 5.32 Å². The minimum Gasteiger partial charge on any atom is -0.348 e. The zero-order valence-electron chi connectivity index (χ0n) is 14.9. The molecule has 1 saturated carbocycles. The van der Waals surface area contributed by atoms with Gasteiger partial charge in [-0.1, -0.05) is 48.2 Å². The molecule has 0 heterocycles. The van der Waals surface area contributed by atoms with Gasteiger partial charge in [0.05, 0.1) is 10.9 Å². The quantitative estimate of drug-likeness (QED) is 0.735. The molecule has 7 heteroatoms. The van der Waals surface area contributed by atoms with Gasteiger partial charge in [-0.3, -0.25) is 4.79 Å². The lowest BCUT2D eigenvalue weighted by molar-refractivity contribution is -0.124. The molecule has 1 N–H and O–H groups in total. The van der Waals surface area contributed by atoms with Crippen LogP contribution in [0, 0.1) is 0 Å². The molecule has 0 aromatic heterocycles. The van der Waals surface area contributed by atoms with Crippen molar-refractivity contribution in [3.63, 3.8) is 0 Å². The van der Waals surface area contributed by atoms with Crippen LogP contribution in [-0.2, 0) is 14.6 Å². The predicted molar refractivity (Wildman–Crippen MR) is 108 cm³/mol. The van der Waals surface area contributed by atoms with Gasteiger partial charge in [-0.25, -0.2) is 8.42 Å². The zero-order chi connectivity index (χ0) is 19.7. The maximum absolute atomic E-state index is 13.4. The Morgan fingerprint density at radius 2 is 1.44 bits per heavy atom. The highest BCUT2D eigenvalue weighted by molar-refractivity contribution is 7.93. The van der Waals surface area contributed by atoms with Gasteiger partial charge in [0, 0.05) is 10.0 Å². The van der Waals surface area contributed by atoms with Gasteiger partial charge in [0.25, 0.3) is 0 Å². The molecule has 27 heavy (non-hydrogen) atoms. The van der Waals surface area contributed by atoms with E-state index in [-0.39, 0.29) is 10.9 Å². The Kier molecular flexibility index (Phi) is 5.84. The number of rotatable bonds is 5. The van der Waals surface area contributed by atoms with Gasteiger partial charge in [0.15, 0.2) is 14.6 Å². The Balaban J connectivity index is 1.90. The lowest BCUT2D eigenvalue weighted by atomic mass is 10.0. The monoisotopic (exact) mass is 425 g/mol. The molecule has 1 fully saturated rings. The van der Waals surface area contributed by atoms with Crippen LogP contribution in [0.3, 0.4) is 0 Å². The van der Waals surface area contributed by atoms with Gasteiger partial charge in [0.1, 0.15) is 0 Å². The molecule has 4 nitrogen and oxygen atoms in total. The molecular formula is C20H21Cl2NO3S. The summed E-state index contributed by atoms with van der Waals surface area (Å²) < 4.78 is 25.3. The van der Waals surface area contributed by atoms with Crippen LogP contribution in [0.25, 0.3) is 0 Å². The topological polar surface area (TPSA) is 63.2 Å². The molecule has 1 amide bonds. The highest BCUT2D eigenvalue weighted by Gasteiger charge is 2.53. The molecule has 3 rings (SSSR count). The largest absolute Gasteiger partial charge is 0.348 e. The number of halogens is 2. The normalized spacial score (nSPS) is 17.4. The number of benzene rings is 2. The van der Waals surface area contributed by atoms with Crippen molar-refractivity contribution in [3.05, 3.63) is 64.1 Å². The summed E-state index contributed by atoms with van der Waals surface area (Å²) in [6, 6.07) is 12.8. The molecule has 0 spiro atoms. The van der Waals surface area contributed by atoms with E-state index < -0.39 is 20.5 Å². The van der Waals surface area contributed by atoms with Crippen molar-refractivity contribution in [1.29, 1.82) is 0 Å². The first-order valence-corrected chi connectivity index (χ1v) is 11.1. The first-order valence-electron chi connectivity index (χ1n) is 8.83.